The molecule has 3 rings (SSSR count). The Morgan fingerprint density at radius 3 is 3.04 bits per heavy atom. The molecule has 3 aromatic rings. The highest BCUT2D eigenvalue weighted by Crippen LogP contribution is 2.13. The number of hydrogen-bond acceptors (Lipinski definition) is 4. The lowest BCUT2D eigenvalue weighted by Gasteiger charge is -2.14. The molecule has 2 heterocycles. The van der Waals surface area contributed by atoms with Crippen LogP contribution in [0.15, 0.2) is 35.4 Å². The van der Waals surface area contributed by atoms with Gasteiger partial charge in [-0.05, 0) is 26.0 Å². The number of benzene rings is 1. The zero-order valence-electron chi connectivity index (χ0n) is 13.0. The van der Waals surface area contributed by atoms with Crippen LogP contribution < -0.4 is 10.7 Å². The van der Waals surface area contributed by atoms with Crippen molar-refractivity contribution >= 4 is 10.9 Å². The van der Waals surface area contributed by atoms with Crippen molar-refractivity contribution in [2.75, 3.05) is 0 Å². The van der Waals surface area contributed by atoms with E-state index in [1.807, 2.05) is 13.8 Å². The van der Waals surface area contributed by atoms with Crippen LogP contribution in [-0.4, -0.2) is 19.7 Å². The average Bonchev–Trinajstić information content (AvgIpc) is 3.02. The van der Waals surface area contributed by atoms with Crippen molar-refractivity contribution in [1.82, 2.24) is 25.1 Å². The van der Waals surface area contributed by atoms with Crippen LogP contribution in [0.4, 0.5) is 4.39 Å². The van der Waals surface area contributed by atoms with Crippen molar-refractivity contribution in [3.63, 3.8) is 0 Å². The fourth-order valence-electron chi connectivity index (χ4n) is 2.59. The van der Waals surface area contributed by atoms with E-state index in [-0.39, 0.29) is 17.0 Å². The Balaban J connectivity index is 1.82. The van der Waals surface area contributed by atoms with E-state index in [9.17, 15) is 9.18 Å². The molecule has 120 valence electrons. The number of rotatable bonds is 5. The van der Waals surface area contributed by atoms with Gasteiger partial charge in [-0.15, -0.1) is 0 Å². The predicted octanol–water partition coefficient (Wildman–Crippen LogP) is 2.13. The first-order valence-corrected chi connectivity index (χ1v) is 7.51. The Morgan fingerprint density at radius 1 is 1.43 bits per heavy atom. The van der Waals surface area contributed by atoms with Gasteiger partial charge in [0.1, 0.15) is 18.0 Å². The highest BCUT2D eigenvalue weighted by molar-refractivity contribution is 5.78. The fourth-order valence-corrected chi connectivity index (χ4v) is 2.59. The molecule has 0 spiro atoms. The molecule has 0 aliphatic rings. The molecule has 0 saturated carbocycles. The van der Waals surface area contributed by atoms with Crippen LogP contribution in [-0.2, 0) is 13.1 Å². The number of aryl methyl sites for hydroxylation is 1. The quantitative estimate of drug-likeness (QED) is 0.756. The van der Waals surface area contributed by atoms with Crippen molar-refractivity contribution in [1.29, 1.82) is 0 Å². The van der Waals surface area contributed by atoms with Crippen molar-refractivity contribution in [3.8, 4) is 0 Å². The molecule has 2 aromatic heterocycles. The summed E-state index contributed by atoms with van der Waals surface area (Å²) in [5.41, 5.74) is 0.669. The molecule has 1 aromatic carbocycles. The number of fused-ring (bicyclic) bond motifs is 1. The second-order valence-corrected chi connectivity index (χ2v) is 5.36. The first-order valence-electron chi connectivity index (χ1n) is 7.51. The maximum Gasteiger partial charge on any atom is 0.189 e. The van der Waals surface area contributed by atoms with Gasteiger partial charge in [-0.1, -0.05) is 6.07 Å². The van der Waals surface area contributed by atoms with E-state index in [0.29, 0.717) is 17.6 Å². The smallest absolute Gasteiger partial charge is 0.189 e. The number of pyridine rings is 1. The number of H-pyrrole nitrogens is 1. The minimum absolute atomic E-state index is 0.0442. The molecule has 1 atom stereocenters. The predicted molar refractivity (Wildman–Crippen MR) is 85.5 cm³/mol. The minimum atomic E-state index is -0.430. The number of nitrogens with one attached hydrogen (secondary N) is 2. The van der Waals surface area contributed by atoms with Gasteiger partial charge in [0.2, 0.25) is 0 Å². The van der Waals surface area contributed by atoms with Gasteiger partial charge in [0.15, 0.2) is 5.43 Å². The van der Waals surface area contributed by atoms with Crippen LogP contribution >= 0.6 is 0 Å². The summed E-state index contributed by atoms with van der Waals surface area (Å²) in [6.07, 6.45) is 1.52. The second kappa shape index (κ2) is 6.29. The Morgan fingerprint density at radius 2 is 2.26 bits per heavy atom. The number of para-hydroxylation sites is 1. The summed E-state index contributed by atoms with van der Waals surface area (Å²) in [5, 5.41) is 7.76. The van der Waals surface area contributed by atoms with Gasteiger partial charge in [0.25, 0.3) is 0 Å². The summed E-state index contributed by atoms with van der Waals surface area (Å²) >= 11 is 0. The van der Waals surface area contributed by atoms with Crippen molar-refractivity contribution < 1.29 is 4.39 Å². The molecule has 0 aliphatic carbocycles. The summed E-state index contributed by atoms with van der Waals surface area (Å²) in [7, 11) is 0. The molecule has 0 radical (unpaired) electrons. The van der Waals surface area contributed by atoms with E-state index in [1.165, 1.54) is 24.5 Å². The summed E-state index contributed by atoms with van der Waals surface area (Å²) in [5.74, 6) is 0.391. The fraction of sp³-hybridized carbons (Fsp3) is 0.312. The lowest BCUT2D eigenvalue weighted by Crippen LogP contribution is -2.23. The molecule has 6 nitrogen and oxygen atoms in total. The summed E-state index contributed by atoms with van der Waals surface area (Å²) in [6.45, 7) is 5.10. The molecule has 0 saturated heterocycles. The van der Waals surface area contributed by atoms with Gasteiger partial charge in [-0.3, -0.25) is 4.79 Å². The lowest BCUT2D eigenvalue weighted by atomic mass is 10.2. The standard InChI is InChI=1S/C16H18FN5O/c1-3-22-16(19-9-20-22)10(2)18-8-11-7-14(23)12-5-4-6-13(17)15(12)21-11/h4-7,9-10,18H,3,8H2,1-2H3,(H,21,23). The van der Waals surface area contributed by atoms with Crippen molar-refractivity contribution in [2.45, 2.75) is 33.0 Å². The number of aromatic amines is 1. The monoisotopic (exact) mass is 315 g/mol. The van der Waals surface area contributed by atoms with Crippen LogP contribution in [0.2, 0.25) is 0 Å². The van der Waals surface area contributed by atoms with Gasteiger partial charge in [0.05, 0.1) is 11.6 Å². The van der Waals surface area contributed by atoms with Crippen LogP contribution in [0.25, 0.3) is 10.9 Å². The third kappa shape index (κ3) is 3.00. The van der Waals surface area contributed by atoms with Crippen molar-refractivity contribution in [3.05, 3.63) is 58.2 Å². The van der Waals surface area contributed by atoms with Gasteiger partial charge in [0, 0.05) is 30.2 Å². The van der Waals surface area contributed by atoms with Crippen LogP contribution in [0.1, 0.15) is 31.4 Å². The van der Waals surface area contributed by atoms with Crippen LogP contribution in [0.5, 0.6) is 0 Å². The van der Waals surface area contributed by atoms with E-state index >= 15 is 0 Å². The Labute approximate surface area is 132 Å². The maximum absolute atomic E-state index is 13.9. The van der Waals surface area contributed by atoms with Crippen LogP contribution in [0.3, 0.4) is 0 Å². The maximum atomic E-state index is 13.9. The van der Waals surface area contributed by atoms with Gasteiger partial charge < -0.3 is 10.3 Å². The lowest BCUT2D eigenvalue weighted by molar-refractivity contribution is 0.495. The van der Waals surface area contributed by atoms with E-state index in [4.69, 9.17) is 0 Å². The number of aromatic nitrogens is 4. The van der Waals surface area contributed by atoms with Crippen molar-refractivity contribution in [2.24, 2.45) is 0 Å². The molecular weight excluding hydrogens is 297 g/mol. The largest absolute Gasteiger partial charge is 0.355 e. The Bertz CT molecular complexity index is 886. The van der Waals surface area contributed by atoms with E-state index < -0.39 is 5.82 Å². The average molecular weight is 315 g/mol. The highest BCUT2D eigenvalue weighted by Gasteiger charge is 2.12. The molecule has 7 heteroatoms. The summed E-state index contributed by atoms with van der Waals surface area (Å²) in [4.78, 5) is 19.3. The van der Waals surface area contributed by atoms with E-state index in [0.717, 1.165) is 12.4 Å². The molecular formula is C16H18FN5O. The molecule has 0 aliphatic heterocycles. The van der Waals surface area contributed by atoms with E-state index in [2.05, 4.69) is 20.4 Å². The van der Waals surface area contributed by atoms with Crippen LogP contribution in [0, 0.1) is 5.82 Å². The normalized spacial score (nSPS) is 12.7. The highest BCUT2D eigenvalue weighted by atomic mass is 19.1. The summed E-state index contributed by atoms with van der Waals surface area (Å²) < 4.78 is 15.7. The molecule has 0 amide bonds. The SMILES string of the molecule is CCn1ncnc1C(C)NCc1cc(=O)c2cccc(F)c2[nH]1. The zero-order valence-corrected chi connectivity index (χ0v) is 13.0. The zero-order chi connectivity index (χ0) is 16.4. The van der Waals surface area contributed by atoms with Gasteiger partial charge >= 0.3 is 0 Å². The number of hydrogen-bond donors (Lipinski definition) is 2. The molecule has 2 N–H and O–H groups in total. The Hall–Kier alpha value is -2.54. The first-order chi connectivity index (χ1) is 11.1. The van der Waals surface area contributed by atoms with Gasteiger partial charge in [-0.2, -0.15) is 5.10 Å². The van der Waals surface area contributed by atoms with Gasteiger partial charge in [-0.25, -0.2) is 14.1 Å². The van der Waals surface area contributed by atoms with E-state index in [1.54, 1.807) is 10.7 Å². The molecule has 0 fully saturated rings. The molecule has 23 heavy (non-hydrogen) atoms. The Kier molecular flexibility index (Phi) is 4.20. The molecule has 0 bridgehead atoms. The third-order valence-electron chi connectivity index (χ3n) is 3.80. The number of nitrogens with zero attached hydrogens (tertiary/aromatic N) is 3. The third-order valence-corrected chi connectivity index (χ3v) is 3.80. The molecule has 1 unspecified atom stereocenters. The first kappa shape index (κ1) is 15.4. The number of halogens is 1. The topological polar surface area (TPSA) is 75.6 Å². The second-order valence-electron chi connectivity index (χ2n) is 5.36. The summed E-state index contributed by atoms with van der Waals surface area (Å²) in [6, 6.07) is 5.93. The minimum Gasteiger partial charge on any atom is -0.355 e.